The van der Waals surface area contributed by atoms with Crippen LogP contribution in [0.2, 0.25) is 10.0 Å². The van der Waals surface area contributed by atoms with Gasteiger partial charge in [-0.1, -0.05) is 29.3 Å². The van der Waals surface area contributed by atoms with E-state index < -0.39 is 11.8 Å². The first-order chi connectivity index (χ1) is 9.99. The van der Waals surface area contributed by atoms with Gasteiger partial charge in [0.05, 0.1) is 4.24 Å². The van der Waals surface area contributed by atoms with Crippen molar-refractivity contribution in [2.24, 2.45) is 0 Å². The van der Waals surface area contributed by atoms with Crippen LogP contribution in [0.25, 0.3) is 6.08 Å². The molecule has 0 aliphatic carbocycles. The van der Waals surface area contributed by atoms with Gasteiger partial charge in [-0.2, -0.15) is 0 Å². The van der Waals surface area contributed by atoms with Crippen molar-refractivity contribution in [1.82, 2.24) is 0 Å². The second kappa shape index (κ2) is 7.40. The molecule has 21 heavy (non-hydrogen) atoms. The highest BCUT2D eigenvalue weighted by Crippen LogP contribution is 2.39. The minimum absolute atomic E-state index is 0.177. The highest BCUT2D eigenvalue weighted by molar-refractivity contribution is 8.25. The summed E-state index contributed by atoms with van der Waals surface area (Å²) in [6.45, 7) is 0. The first kappa shape index (κ1) is 16.5. The number of hydrogen-bond donors (Lipinski definition) is 1. The molecule has 2 rings (SSSR count). The van der Waals surface area contributed by atoms with E-state index in [1.165, 1.54) is 35.7 Å². The van der Waals surface area contributed by atoms with Crippen LogP contribution in [0.3, 0.4) is 0 Å². The number of aliphatic carboxylic acids is 1. The Morgan fingerprint density at radius 1 is 1.19 bits per heavy atom. The summed E-state index contributed by atoms with van der Waals surface area (Å²) in [6.07, 6.45) is 2.72. The van der Waals surface area contributed by atoms with Crippen LogP contribution in [0.5, 0.6) is 0 Å². The molecule has 0 bridgehead atoms. The molecule has 1 saturated heterocycles. The van der Waals surface area contributed by atoms with Gasteiger partial charge in [-0.05, 0) is 29.8 Å². The second-order valence-electron chi connectivity index (χ2n) is 4.03. The molecule has 1 aromatic carbocycles. The smallest absolute Gasteiger partial charge is 0.341 e. The number of carboxylic acid groups (broad SMARTS) is 1. The van der Waals surface area contributed by atoms with Gasteiger partial charge < -0.3 is 5.11 Å². The van der Waals surface area contributed by atoms with Gasteiger partial charge >= 0.3 is 5.97 Å². The van der Waals surface area contributed by atoms with E-state index >= 15 is 0 Å². The van der Waals surface area contributed by atoms with Gasteiger partial charge in [-0.3, -0.25) is 4.79 Å². The summed E-state index contributed by atoms with van der Waals surface area (Å²) in [5.74, 6) is -0.109. The molecule has 1 aromatic rings. The van der Waals surface area contributed by atoms with Gasteiger partial charge in [0.15, 0.2) is 5.78 Å². The lowest BCUT2D eigenvalue weighted by atomic mass is 10.1. The van der Waals surface area contributed by atoms with Crippen molar-refractivity contribution in [3.05, 3.63) is 49.7 Å². The van der Waals surface area contributed by atoms with Gasteiger partial charge in [0, 0.05) is 21.6 Å². The predicted octanol–water partition coefficient (Wildman–Crippen LogP) is 4.35. The summed E-state index contributed by atoms with van der Waals surface area (Å²) < 4.78 is 0.569. The van der Waals surface area contributed by atoms with Crippen LogP contribution >= 0.6 is 46.7 Å². The zero-order chi connectivity index (χ0) is 15.4. The van der Waals surface area contributed by atoms with Crippen molar-refractivity contribution in [2.45, 2.75) is 0 Å². The van der Waals surface area contributed by atoms with Crippen molar-refractivity contribution < 1.29 is 14.7 Å². The van der Waals surface area contributed by atoms with Crippen molar-refractivity contribution in [3.8, 4) is 0 Å². The minimum atomic E-state index is -1.20. The number of allylic oxidation sites excluding steroid dienone is 1. The Balaban J connectivity index is 2.25. The van der Waals surface area contributed by atoms with Crippen LogP contribution in [0.15, 0.2) is 34.1 Å². The monoisotopic (exact) mass is 360 g/mol. The van der Waals surface area contributed by atoms with Crippen molar-refractivity contribution in [1.29, 1.82) is 0 Å². The molecule has 110 valence electrons. The molecule has 1 N–H and O–H groups in total. The molecule has 1 aliphatic heterocycles. The lowest BCUT2D eigenvalue weighted by Gasteiger charge is -2.02. The SMILES string of the molecule is O=C(O)C(C(=O)/C=C/c1ccc(Cl)cc1Cl)=C1SCCS1. The second-order valence-corrected chi connectivity index (χ2v) is 7.34. The molecule has 0 spiro atoms. The molecule has 0 saturated carbocycles. The van der Waals surface area contributed by atoms with Gasteiger partial charge in [0.25, 0.3) is 0 Å². The van der Waals surface area contributed by atoms with E-state index in [1.807, 2.05) is 0 Å². The van der Waals surface area contributed by atoms with Crippen molar-refractivity contribution in [3.63, 3.8) is 0 Å². The van der Waals surface area contributed by atoms with Crippen LogP contribution < -0.4 is 0 Å². The van der Waals surface area contributed by atoms with E-state index in [9.17, 15) is 14.7 Å². The van der Waals surface area contributed by atoms with E-state index in [1.54, 1.807) is 18.2 Å². The van der Waals surface area contributed by atoms with Crippen molar-refractivity contribution in [2.75, 3.05) is 11.5 Å². The molecule has 0 amide bonds. The third-order valence-corrected chi connectivity index (χ3v) is 5.87. The average molecular weight is 361 g/mol. The first-order valence-corrected chi connectivity index (χ1v) is 8.62. The van der Waals surface area contributed by atoms with Crippen LogP contribution in [-0.2, 0) is 9.59 Å². The van der Waals surface area contributed by atoms with Gasteiger partial charge in [0.1, 0.15) is 5.57 Å². The largest absolute Gasteiger partial charge is 0.477 e. The molecule has 1 aliphatic rings. The number of carbonyl (C=O) groups is 2. The third-order valence-electron chi connectivity index (χ3n) is 2.59. The zero-order valence-electron chi connectivity index (χ0n) is 10.6. The fourth-order valence-corrected chi connectivity index (χ4v) is 4.64. The summed E-state index contributed by atoms with van der Waals surface area (Å²) in [4.78, 5) is 23.4. The molecule has 0 radical (unpaired) electrons. The number of hydrogen-bond acceptors (Lipinski definition) is 4. The zero-order valence-corrected chi connectivity index (χ0v) is 13.8. The molecule has 0 atom stereocenters. The van der Waals surface area contributed by atoms with Gasteiger partial charge in [-0.15, -0.1) is 23.5 Å². The third kappa shape index (κ3) is 4.30. The Labute approximate surface area is 140 Å². The molecule has 1 fully saturated rings. The molecule has 7 heteroatoms. The van der Waals surface area contributed by atoms with Crippen LogP contribution in [0, 0.1) is 0 Å². The van der Waals surface area contributed by atoms with Crippen LogP contribution in [0.4, 0.5) is 0 Å². The number of benzene rings is 1. The number of carbonyl (C=O) groups excluding carboxylic acids is 1. The van der Waals surface area contributed by atoms with E-state index in [4.69, 9.17) is 23.2 Å². The van der Waals surface area contributed by atoms with Gasteiger partial charge in [-0.25, -0.2) is 4.79 Å². The number of ketones is 1. The molecule has 0 unspecified atom stereocenters. The number of halogens is 2. The molecule has 3 nitrogen and oxygen atoms in total. The standard InChI is InChI=1S/C14H10Cl2O3S2/c15-9-3-1-8(10(16)7-9)2-4-11(17)12(13(18)19)14-20-5-6-21-14/h1-4,7H,5-6H2,(H,18,19)/b4-2+. The quantitative estimate of drug-likeness (QED) is 0.491. The van der Waals surface area contributed by atoms with Crippen LogP contribution in [-0.4, -0.2) is 28.4 Å². The van der Waals surface area contributed by atoms with E-state index in [-0.39, 0.29) is 5.57 Å². The summed E-state index contributed by atoms with van der Waals surface area (Å²) in [7, 11) is 0. The van der Waals surface area contributed by atoms with Crippen molar-refractivity contribution >= 4 is 64.6 Å². The maximum atomic E-state index is 12.1. The molecular formula is C14H10Cl2O3S2. The average Bonchev–Trinajstić information content (AvgIpc) is 2.91. The van der Waals surface area contributed by atoms with E-state index in [0.717, 1.165) is 11.5 Å². The Kier molecular flexibility index (Phi) is 5.81. The van der Waals surface area contributed by atoms with Gasteiger partial charge in [0.2, 0.25) is 0 Å². The highest BCUT2D eigenvalue weighted by atomic mass is 35.5. The summed E-state index contributed by atoms with van der Waals surface area (Å²) >= 11 is 14.6. The van der Waals surface area contributed by atoms with E-state index in [0.29, 0.717) is 19.8 Å². The maximum Gasteiger partial charge on any atom is 0.341 e. The molecule has 0 aromatic heterocycles. The number of rotatable bonds is 4. The normalized spacial score (nSPS) is 14.7. The topological polar surface area (TPSA) is 54.4 Å². The molecule has 1 heterocycles. The summed E-state index contributed by atoms with van der Waals surface area (Å²) in [5, 5.41) is 10.1. The maximum absolute atomic E-state index is 12.1. The lowest BCUT2D eigenvalue weighted by molar-refractivity contribution is -0.134. The fourth-order valence-electron chi connectivity index (χ4n) is 1.63. The Bertz CT molecular complexity index is 646. The minimum Gasteiger partial charge on any atom is -0.477 e. The fraction of sp³-hybridized carbons (Fsp3) is 0.143. The number of thioether (sulfide) groups is 2. The summed E-state index contributed by atoms with van der Waals surface area (Å²) in [5.41, 5.74) is 0.430. The highest BCUT2D eigenvalue weighted by Gasteiger charge is 2.24. The Morgan fingerprint density at radius 3 is 2.43 bits per heavy atom. The Morgan fingerprint density at radius 2 is 1.86 bits per heavy atom. The van der Waals surface area contributed by atoms with E-state index in [2.05, 4.69) is 0 Å². The van der Waals surface area contributed by atoms with Crippen LogP contribution in [0.1, 0.15) is 5.56 Å². The first-order valence-electron chi connectivity index (χ1n) is 5.89. The lowest BCUT2D eigenvalue weighted by Crippen LogP contribution is -2.11. The number of carboxylic acids is 1. The summed E-state index contributed by atoms with van der Waals surface area (Å²) in [6, 6.07) is 4.88. The molecular weight excluding hydrogens is 351 g/mol. The predicted molar refractivity (Wildman–Crippen MR) is 90.1 cm³/mol. The Hall–Kier alpha value is -0.880.